The average Bonchev–Trinajstić information content (AvgIpc) is 3.22. The van der Waals surface area contributed by atoms with E-state index in [1.165, 1.54) is 4.90 Å². The van der Waals surface area contributed by atoms with Crippen LogP contribution in [0.4, 0.5) is 5.69 Å². The van der Waals surface area contributed by atoms with E-state index in [0.29, 0.717) is 12.2 Å². The van der Waals surface area contributed by atoms with E-state index in [1.807, 2.05) is 42.6 Å². The molecule has 2 aromatic carbocycles. The number of fused-ring (bicyclic) bond motifs is 1. The zero-order valence-corrected chi connectivity index (χ0v) is 15.1. The van der Waals surface area contributed by atoms with Crippen LogP contribution in [0.25, 0.3) is 10.9 Å². The summed E-state index contributed by atoms with van der Waals surface area (Å²) in [7, 11) is 1.65. The number of benzene rings is 2. The van der Waals surface area contributed by atoms with Gasteiger partial charge in [0.25, 0.3) is 5.91 Å². The number of carbonyl (C=O) groups excluding carboxylic acids is 2. The van der Waals surface area contributed by atoms with E-state index in [0.717, 1.165) is 28.6 Å². The van der Waals surface area contributed by atoms with Gasteiger partial charge in [0.05, 0.1) is 25.3 Å². The highest BCUT2D eigenvalue weighted by atomic mass is 16.5. The number of ether oxygens (including phenoxy) is 1. The third-order valence-electron chi connectivity index (χ3n) is 4.92. The topological polar surface area (TPSA) is 74.4 Å². The van der Waals surface area contributed by atoms with Gasteiger partial charge in [-0.05, 0) is 42.3 Å². The van der Waals surface area contributed by atoms with E-state index in [1.54, 1.807) is 19.2 Å². The number of aromatic amines is 1. The lowest BCUT2D eigenvalue weighted by molar-refractivity contribution is -0.121. The first kappa shape index (κ1) is 17.3. The number of hydrogen-bond donors (Lipinski definition) is 2. The summed E-state index contributed by atoms with van der Waals surface area (Å²) in [4.78, 5) is 29.4. The van der Waals surface area contributed by atoms with Gasteiger partial charge >= 0.3 is 0 Å². The summed E-state index contributed by atoms with van der Waals surface area (Å²) in [6.07, 6.45) is 2.91. The summed E-state index contributed by atoms with van der Waals surface area (Å²) in [5, 5.41) is 4.34. The number of hydrogen-bond acceptors (Lipinski definition) is 4. The van der Waals surface area contributed by atoms with E-state index in [9.17, 15) is 9.59 Å². The SMILES string of the molecule is COc1ccc2[nH]cc(CCN[C@H]3CC(=O)N(c4ccccc4)C3=O)c2c1. The Morgan fingerprint density at radius 3 is 2.78 bits per heavy atom. The van der Waals surface area contributed by atoms with Gasteiger partial charge in [0.2, 0.25) is 5.91 Å². The standard InChI is InChI=1S/C21H21N3O3/c1-27-16-7-8-18-17(11-16)14(13-23-18)9-10-22-19-12-20(25)24(21(19)26)15-5-3-2-4-6-15/h2-8,11,13,19,22-23H,9-10,12H2,1H3/t19-/m0/s1. The molecule has 2 heterocycles. The Labute approximate surface area is 157 Å². The molecule has 0 unspecified atom stereocenters. The molecule has 27 heavy (non-hydrogen) atoms. The van der Waals surface area contributed by atoms with Gasteiger partial charge in [-0.1, -0.05) is 18.2 Å². The molecule has 0 spiro atoms. The van der Waals surface area contributed by atoms with Crippen LogP contribution in [-0.4, -0.2) is 36.5 Å². The van der Waals surface area contributed by atoms with E-state index in [-0.39, 0.29) is 18.2 Å². The van der Waals surface area contributed by atoms with Crippen LogP contribution < -0.4 is 15.0 Å². The summed E-state index contributed by atoms with van der Waals surface area (Å²) in [5.41, 5.74) is 2.82. The molecule has 138 valence electrons. The van der Waals surface area contributed by atoms with Crippen LogP contribution in [0.5, 0.6) is 5.75 Å². The molecular formula is C21H21N3O3. The fraction of sp³-hybridized carbons (Fsp3) is 0.238. The minimum Gasteiger partial charge on any atom is -0.497 e. The quantitative estimate of drug-likeness (QED) is 0.660. The van der Waals surface area contributed by atoms with Gasteiger partial charge < -0.3 is 15.0 Å². The van der Waals surface area contributed by atoms with Crippen molar-refractivity contribution in [3.05, 3.63) is 60.3 Å². The van der Waals surface area contributed by atoms with Crippen LogP contribution >= 0.6 is 0 Å². The molecule has 0 saturated carbocycles. The fourth-order valence-corrected chi connectivity index (χ4v) is 3.51. The number of nitrogens with zero attached hydrogens (tertiary/aromatic N) is 1. The monoisotopic (exact) mass is 363 g/mol. The van der Waals surface area contributed by atoms with E-state index < -0.39 is 6.04 Å². The molecule has 0 radical (unpaired) electrons. The average molecular weight is 363 g/mol. The number of carbonyl (C=O) groups is 2. The molecule has 6 nitrogen and oxygen atoms in total. The first-order valence-corrected chi connectivity index (χ1v) is 8.96. The summed E-state index contributed by atoms with van der Waals surface area (Å²) in [5.74, 6) is 0.457. The van der Waals surface area contributed by atoms with Gasteiger partial charge in [-0.3, -0.25) is 9.59 Å². The van der Waals surface area contributed by atoms with Crippen molar-refractivity contribution in [3.63, 3.8) is 0 Å². The molecule has 2 amide bonds. The molecule has 0 aliphatic carbocycles. The van der Waals surface area contributed by atoms with Gasteiger partial charge in [0, 0.05) is 23.6 Å². The third kappa shape index (κ3) is 3.31. The van der Waals surface area contributed by atoms with E-state index >= 15 is 0 Å². The van der Waals surface area contributed by atoms with Gasteiger partial charge in [0.15, 0.2) is 0 Å². The van der Waals surface area contributed by atoms with Gasteiger partial charge in [-0.15, -0.1) is 0 Å². The second kappa shape index (κ2) is 7.25. The highest BCUT2D eigenvalue weighted by molar-refractivity contribution is 6.22. The molecule has 0 bridgehead atoms. The lowest BCUT2D eigenvalue weighted by atomic mass is 10.1. The third-order valence-corrected chi connectivity index (χ3v) is 4.92. The Balaban J connectivity index is 1.41. The van der Waals surface area contributed by atoms with Crippen molar-refractivity contribution >= 4 is 28.4 Å². The number of anilines is 1. The van der Waals surface area contributed by atoms with Crippen molar-refractivity contribution in [1.82, 2.24) is 10.3 Å². The Bertz CT molecular complexity index is 981. The molecule has 2 N–H and O–H groups in total. The number of para-hydroxylation sites is 1. The van der Waals surface area contributed by atoms with Crippen molar-refractivity contribution < 1.29 is 14.3 Å². The minimum atomic E-state index is -0.475. The maximum atomic E-state index is 12.6. The van der Waals surface area contributed by atoms with Gasteiger partial charge in [-0.2, -0.15) is 0 Å². The van der Waals surface area contributed by atoms with Crippen LogP contribution in [0, 0.1) is 0 Å². The van der Waals surface area contributed by atoms with Gasteiger partial charge in [0.1, 0.15) is 5.75 Å². The number of aromatic nitrogens is 1. The Hall–Kier alpha value is -3.12. The molecule has 4 rings (SSSR count). The van der Waals surface area contributed by atoms with Crippen LogP contribution in [0.2, 0.25) is 0 Å². The summed E-state index contributed by atoms with van der Waals surface area (Å²) >= 11 is 0. The molecule has 1 atom stereocenters. The number of imide groups is 1. The van der Waals surface area contributed by atoms with Crippen molar-refractivity contribution in [2.75, 3.05) is 18.6 Å². The molecule has 3 aromatic rings. The number of nitrogens with one attached hydrogen (secondary N) is 2. The number of H-pyrrole nitrogens is 1. The highest BCUT2D eigenvalue weighted by Crippen LogP contribution is 2.25. The normalized spacial score (nSPS) is 17.1. The van der Waals surface area contributed by atoms with Crippen LogP contribution in [0.15, 0.2) is 54.7 Å². The maximum absolute atomic E-state index is 12.6. The Morgan fingerprint density at radius 1 is 1.19 bits per heavy atom. The smallest absolute Gasteiger partial charge is 0.251 e. The fourth-order valence-electron chi connectivity index (χ4n) is 3.51. The second-order valence-electron chi connectivity index (χ2n) is 6.59. The van der Waals surface area contributed by atoms with Crippen molar-refractivity contribution in [2.45, 2.75) is 18.9 Å². The second-order valence-corrected chi connectivity index (χ2v) is 6.59. The Morgan fingerprint density at radius 2 is 2.00 bits per heavy atom. The molecule has 1 aliphatic rings. The molecule has 1 saturated heterocycles. The van der Waals surface area contributed by atoms with Crippen LogP contribution in [-0.2, 0) is 16.0 Å². The minimum absolute atomic E-state index is 0.166. The summed E-state index contributed by atoms with van der Waals surface area (Å²) in [6, 6.07) is 14.5. The Kier molecular flexibility index (Phi) is 4.64. The first-order valence-electron chi connectivity index (χ1n) is 8.96. The molecule has 1 aromatic heterocycles. The maximum Gasteiger partial charge on any atom is 0.251 e. The first-order chi connectivity index (χ1) is 13.2. The zero-order chi connectivity index (χ0) is 18.8. The number of methoxy groups -OCH3 is 1. The van der Waals surface area contributed by atoms with Crippen molar-refractivity contribution in [3.8, 4) is 5.75 Å². The van der Waals surface area contributed by atoms with E-state index in [2.05, 4.69) is 10.3 Å². The lowest BCUT2D eigenvalue weighted by Gasteiger charge is -2.15. The van der Waals surface area contributed by atoms with Crippen molar-refractivity contribution in [2.24, 2.45) is 0 Å². The molecular weight excluding hydrogens is 342 g/mol. The van der Waals surface area contributed by atoms with E-state index in [4.69, 9.17) is 4.74 Å². The largest absolute Gasteiger partial charge is 0.497 e. The molecule has 6 heteroatoms. The molecule has 1 fully saturated rings. The van der Waals surface area contributed by atoms with Crippen LogP contribution in [0.3, 0.4) is 0 Å². The molecule has 1 aliphatic heterocycles. The predicted molar refractivity (Wildman–Crippen MR) is 104 cm³/mol. The number of rotatable bonds is 6. The zero-order valence-electron chi connectivity index (χ0n) is 15.1. The van der Waals surface area contributed by atoms with Crippen LogP contribution in [0.1, 0.15) is 12.0 Å². The highest BCUT2D eigenvalue weighted by Gasteiger charge is 2.38. The summed E-state index contributed by atoms with van der Waals surface area (Å²) < 4.78 is 5.29. The summed E-state index contributed by atoms with van der Waals surface area (Å²) in [6.45, 7) is 0.608. The predicted octanol–water partition coefficient (Wildman–Crippen LogP) is 2.64. The van der Waals surface area contributed by atoms with Crippen molar-refractivity contribution in [1.29, 1.82) is 0 Å². The lowest BCUT2D eigenvalue weighted by Crippen LogP contribution is -2.39. The number of amides is 2. The van der Waals surface area contributed by atoms with Gasteiger partial charge in [-0.25, -0.2) is 4.90 Å².